The lowest BCUT2D eigenvalue weighted by atomic mass is 10.1. The van der Waals surface area contributed by atoms with Gasteiger partial charge in [-0.25, -0.2) is 17.8 Å². The maximum absolute atomic E-state index is 13.4. The SMILES string of the molecule is COc1ccc(-c2nc3n(c2C(=O)Nc2cccc(F)c2)CCS3(=O)=O)cc1. The van der Waals surface area contributed by atoms with E-state index in [0.717, 1.165) is 0 Å². The van der Waals surface area contributed by atoms with Crippen LogP contribution in [0.15, 0.2) is 53.7 Å². The van der Waals surface area contributed by atoms with Gasteiger partial charge in [0, 0.05) is 17.8 Å². The summed E-state index contributed by atoms with van der Waals surface area (Å²) in [6.07, 6.45) is 0. The Hall–Kier alpha value is -3.20. The zero-order valence-electron chi connectivity index (χ0n) is 14.8. The summed E-state index contributed by atoms with van der Waals surface area (Å²) in [4.78, 5) is 17.2. The van der Waals surface area contributed by atoms with Crippen molar-refractivity contribution >= 4 is 21.4 Å². The van der Waals surface area contributed by atoms with Crippen LogP contribution in [0.4, 0.5) is 10.1 Å². The van der Waals surface area contributed by atoms with Gasteiger partial charge in [-0.1, -0.05) is 6.07 Å². The van der Waals surface area contributed by atoms with Gasteiger partial charge in [0.1, 0.15) is 23.0 Å². The third-order valence-corrected chi connectivity index (χ3v) is 6.04. The van der Waals surface area contributed by atoms with E-state index in [0.29, 0.717) is 11.3 Å². The fraction of sp³-hybridized carbons (Fsp3) is 0.158. The molecule has 2 heterocycles. The van der Waals surface area contributed by atoms with E-state index >= 15 is 0 Å². The number of hydrogen-bond donors (Lipinski definition) is 1. The maximum atomic E-state index is 13.4. The number of ether oxygens (including phenoxy) is 1. The predicted octanol–water partition coefficient (Wildman–Crippen LogP) is 2.74. The summed E-state index contributed by atoms with van der Waals surface area (Å²) in [6, 6.07) is 12.3. The number of rotatable bonds is 4. The number of benzene rings is 2. The van der Waals surface area contributed by atoms with E-state index in [1.54, 1.807) is 30.3 Å². The van der Waals surface area contributed by atoms with E-state index < -0.39 is 21.6 Å². The van der Waals surface area contributed by atoms with Gasteiger partial charge in [-0.3, -0.25) is 4.79 Å². The number of amides is 1. The van der Waals surface area contributed by atoms with Crippen molar-refractivity contribution in [1.82, 2.24) is 9.55 Å². The molecule has 28 heavy (non-hydrogen) atoms. The molecule has 0 fully saturated rings. The molecule has 1 aliphatic rings. The number of aromatic nitrogens is 2. The fourth-order valence-corrected chi connectivity index (χ4v) is 4.47. The monoisotopic (exact) mass is 401 g/mol. The Balaban J connectivity index is 1.81. The zero-order chi connectivity index (χ0) is 19.9. The first kappa shape index (κ1) is 18.2. The number of methoxy groups -OCH3 is 1. The van der Waals surface area contributed by atoms with Crippen LogP contribution in [0, 0.1) is 5.82 Å². The molecular formula is C19H16FN3O4S. The summed E-state index contributed by atoms with van der Waals surface area (Å²) in [7, 11) is -2.02. The molecule has 0 saturated heterocycles. The number of imidazole rings is 1. The molecule has 0 radical (unpaired) electrons. The highest BCUT2D eigenvalue weighted by Crippen LogP contribution is 2.31. The lowest BCUT2D eigenvalue weighted by molar-refractivity contribution is 0.101. The molecule has 1 aromatic heterocycles. The maximum Gasteiger partial charge on any atom is 0.274 e. The van der Waals surface area contributed by atoms with Gasteiger partial charge in [0.2, 0.25) is 15.0 Å². The molecule has 0 unspecified atom stereocenters. The van der Waals surface area contributed by atoms with Crippen molar-refractivity contribution in [2.24, 2.45) is 0 Å². The number of halogens is 1. The molecule has 1 N–H and O–H groups in total. The molecule has 2 aromatic carbocycles. The lowest BCUT2D eigenvalue weighted by Crippen LogP contribution is -2.18. The minimum Gasteiger partial charge on any atom is -0.497 e. The smallest absolute Gasteiger partial charge is 0.274 e. The summed E-state index contributed by atoms with van der Waals surface area (Å²) in [5, 5.41) is 2.48. The number of hydrogen-bond acceptors (Lipinski definition) is 5. The Morgan fingerprint density at radius 1 is 1.21 bits per heavy atom. The van der Waals surface area contributed by atoms with Crippen LogP contribution >= 0.6 is 0 Å². The summed E-state index contributed by atoms with van der Waals surface area (Å²) in [5.41, 5.74) is 1.20. The highest BCUT2D eigenvalue weighted by Gasteiger charge is 2.35. The van der Waals surface area contributed by atoms with E-state index in [1.165, 1.54) is 29.9 Å². The van der Waals surface area contributed by atoms with Crippen molar-refractivity contribution in [2.45, 2.75) is 11.7 Å². The number of sulfone groups is 1. The second-order valence-electron chi connectivity index (χ2n) is 6.26. The summed E-state index contributed by atoms with van der Waals surface area (Å²) in [6.45, 7) is 0.132. The lowest BCUT2D eigenvalue weighted by Gasteiger charge is -2.09. The Morgan fingerprint density at radius 3 is 2.64 bits per heavy atom. The summed E-state index contributed by atoms with van der Waals surface area (Å²) < 4.78 is 44.5. The first-order valence-electron chi connectivity index (χ1n) is 8.44. The first-order chi connectivity index (χ1) is 13.4. The van der Waals surface area contributed by atoms with Crippen LogP contribution in [0.1, 0.15) is 10.5 Å². The van der Waals surface area contributed by atoms with Crippen molar-refractivity contribution in [3.8, 4) is 17.0 Å². The number of nitrogens with one attached hydrogen (secondary N) is 1. The van der Waals surface area contributed by atoms with Gasteiger partial charge in [-0.05, 0) is 42.5 Å². The van der Waals surface area contributed by atoms with Crippen LogP contribution < -0.4 is 10.1 Å². The van der Waals surface area contributed by atoms with E-state index in [2.05, 4.69) is 10.3 Å². The molecule has 1 amide bonds. The van der Waals surface area contributed by atoms with Gasteiger partial charge in [-0.15, -0.1) is 0 Å². The number of carbonyl (C=O) groups is 1. The molecule has 7 nitrogen and oxygen atoms in total. The van der Waals surface area contributed by atoms with Gasteiger partial charge < -0.3 is 14.6 Å². The van der Waals surface area contributed by atoms with Gasteiger partial charge in [0.05, 0.1) is 12.9 Å². The third kappa shape index (κ3) is 3.13. The minimum absolute atomic E-state index is 0.113. The van der Waals surface area contributed by atoms with Gasteiger partial charge in [0.15, 0.2) is 0 Å². The second-order valence-corrected chi connectivity index (χ2v) is 8.26. The van der Waals surface area contributed by atoms with Crippen LogP contribution in [0.5, 0.6) is 5.75 Å². The standard InChI is InChI=1S/C19H16FN3O4S/c1-27-15-7-5-12(6-8-15)16-17(23-9-10-28(25,26)19(23)22-16)18(24)21-14-4-2-3-13(20)11-14/h2-8,11H,9-10H2,1H3,(H,21,24). The van der Waals surface area contributed by atoms with E-state index in [4.69, 9.17) is 4.74 Å². The van der Waals surface area contributed by atoms with Crippen LogP contribution in [0.25, 0.3) is 11.3 Å². The number of anilines is 1. The van der Waals surface area contributed by atoms with Crippen LogP contribution in [-0.2, 0) is 16.4 Å². The van der Waals surface area contributed by atoms with Crippen LogP contribution in [-0.4, -0.2) is 36.7 Å². The second kappa shape index (κ2) is 6.75. The third-order valence-electron chi connectivity index (χ3n) is 4.46. The molecule has 0 spiro atoms. The van der Waals surface area contributed by atoms with Crippen molar-refractivity contribution in [3.05, 3.63) is 60.0 Å². The normalized spacial score (nSPS) is 14.5. The van der Waals surface area contributed by atoms with Crippen molar-refractivity contribution < 1.29 is 22.3 Å². The zero-order valence-corrected chi connectivity index (χ0v) is 15.7. The average molecular weight is 401 g/mol. The molecule has 0 saturated carbocycles. The predicted molar refractivity (Wildman–Crippen MR) is 101 cm³/mol. The average Bonchev–Trinajstić information content (AvgIpc) is 3.19. The largest absolute Gasteiger partial charge is 0.497 e. The Bertz CT molecular complexity index is 1170. The quantitative estimate of drug-likeness (QED) is 0.726. The highest BCUT2D eigenvalue weighted by molar-refractivity contribution is 7.91. The molecule has 0 aliphatic carbocycles. The van der Waals surface area contributed by atoms with E-state index in [1.807, 2.05) is 0 Å². The number of fused-ring (bicyclic) bond motifs is 1. The fourth-order valence-electron chi connectivity index (χ4n) is 3.12. The molecule has 144 valence electrons. The molecule has 0 bridgehead atoms. The van der Waals surface area contributed by atoms with Crippen LogP contribution in [0.3, 0.4) is 0 Å². The Labute approximate surface area is 160 Å². The van der Waals surface area contributed by atoms with Crippen molar-refractivity contribution in [2.75, 3.05) is 18.2 Å². The van der Waals surface area contributed by atoms with Crippen molar-refractivity contribution in [3.63, 3.8) is 0 Å². The highest BCUT2D eigenvalue weighted by atomic mass is 32.2. The summed E-state index contributed by atoms with van der Waals surface area (Å²) in [5.74, 6) is -0.547. The minimum atomic E-state index is -3.55. The molecule has 1 aliphatic heterocycles. The Morgan fingerprint density at radius 2 is 1.96 bits per heavy atom. The first-order valence-corrected chi connectivity index (χ1v) is 10.1. The van der Waals surface area contributed by atoms with Gasteiger partial charge in [-0.2, -0.15) is 0 Å². The molecular weight excluding hydrogens is 385 g/mol. The molecule has 3 aromatic rings. The van der Waals surface area contributed by atoms with E-state index in [-0.39, 0.29) is 34.5 Å². The number of carbonyl (C=O) groups excluding carboxylic acids is 1. The number of nitrogens with zero attached hydrogens (tertiary/aromatic N) is 2. The topological polar surface area (TPSA) is 90.3 Å². The van der Waals surface area contributed by atoms with Crippen molar-refractivity contribution in [1.29, 1.82) is 0 Å². The van der Waals surface area contributed by atoms with Gasteiger partial charge in [0.25, 0.3) is 5.91 Å². The molecule has 9 heteroatoms. The van der Waals surface area contributed by atoms with E-state index in [9.17, 15) is 17.6 Å². The van der Waals surface area contributed by atoms with Crippen LogP contribution in [0.2, 0.25) is 0 Å². The van der Waals surface area contributed by atoms with Gasteiger partial charge >= 0.3 is 0 Å². The molecule has 4 rings (SSSR count). The molecule has 0 atom stereocenters. The Kier molecular flexibility index (Phi) is 4.38. The summed E-state index contributed by atoms with van der Waals surface area (Å²) >= 11 is 0.